The molecule has 0 N–H and O–H groups in total. The second-order valence-electron chi connectivity index (χ2n) is 2.43. The summed E-state index contributed by atoms with van der Waals surface area (Å²) in [6.45, 7) is 0. The Hall–Kier alpha value is -0.0400. The summed E-state index contributed by atoms with van der Waals surface area (Å²) in [6, 6.07) is 1.99. The fourth-order valence-electron chi connectivity index (χ4n) is 0.905. The Kier molecular flexibility index (Phi) is 3.16. The van der Waals surface area contributed by atoms with E-state index in [1.165, 1.54) is 11.3 Å². The van der Waals surface area contributed by atoms with Crippen molar-refractivity contribution in [2.24, 2.45) is 0 Å². The molecule has 0 fully saturated rings. The molecule has 0 aliphatic heterocycles. The number of thiophene rings is 1. The van der Waals surface area contributed by atoms with Crippen LogP contribution in [-0.2, 0) is 0 Å². The van der Waals surface area contributed by atoms with E-state index in [4.69, 9.17) is 0 Å². The van der Waals surface area contributed by atoms with E-state index in [-0.39, 0.29) is 0 Å². The zero-order valence-corrected chi connectivity index (χ0v) is 11.5. The Morgan fingerprint density at radius 3 is 2.71 bits per heavy atom. The van der Waals surface area contributed by atoms with Gasteiger partial charge in [-0.3, -0.25) is 4.79 Å². The summed E-state index contributed by atoms with van der Waals surface area (Å²) in [5, 5.41) is 2.63. The SMILES string of the molecule is O=Cc1csc(-c2cc(Br)c(Br)s2)n1. The van der Waals surface area contributed by atoms with E-state index >= 15 is 0 Å². The van der Waals surface area contributed by atoms with Gasteiger partial charge in [0, 0.05) is 9.85 Å². The predicted octanol–water partition coefficient (Wildman–Crippen LogP) is 4.21. The standard InChI is InChI=1S/C8H3Br2NOS2/c9-5-1-6(14-7(5)10)8-11-4(2-12)3-13-8/h1-3H. The number of carbonyl (C=O) groups is 1. The maximum absolute atomic E-state index is 10.5. The molecule has 0 atom stereocenters. The van der Waals surface area contributed by atoms with E-state index < -0.39 is 0 Å². The van der Waals surface area contributed by atoms with Gasteiger partial charge in [-0.1, -0.05) is 0 Å². The minimum Gasteiger partial charge on any atom is -0.296 e. The average molecular weight is 353 g/mol. The summed E-state index contributed by atoms with van der Waals surface area (Å²) in [7, 11) is 0. The molecule has 2 aromatic heterocycles. The van der Waals surface area contributed by atoms with E-state index in [0.717, 1.165) is 24.4 Å². The highest BCUT2D eigenvalue weighted by molar-refractivity contribution is 9.13. The minimum atomic E-state index is 0.491. The molecule has 0 aliphatic rings. The van der Waals surface area contributed by atoms with Crippen LogP contribution in [0.25, 0.3) is 9.88 Å². The number of hydrogen-bond donors (Lipinski definition) is 0. The molecule has 2 nitrogen and oxygen atoms in total. The molecule has 2 heterocycles. The van der Waals surface area contributed by atoms with Gasteiger partial charge >= 0.3 is 0 Å². The highest BCUT2D eigenvalue weighted by Gasteiger charge is 2.09. The van der Waals surface area contributed by atoms with E-state index in [2.05, 4.69) is 36.8 Å². The van der Waals surface area contributed by atoms with Gasteiger partial charge < -0.3 is 0 Å². The third-order valence-corrected chi connectivity index (χ3v) is 5.78. The Morgan fingerprint density at radius 1 is 1.43 bits per heavy atom. The van der Waals surface area contributed by atoms with Crippen molar-refractivity contribution >= 4 is 60.8 Å². The van der Waals surface area contributed by atoms with Crippen molar-refractivity contribution in [2.45, 2.75) is 0 Å². The van der Waals surface area contributed by atoms with E-state index in [1.807, 2.05) is 6.07 Å². The lowest BCUT2D eigenvalue weighted by Gasteiger charge is -1.85. The number of thiazole rings is 1. The van der Waals surface area contributed by atoms with Gasteiger partial charge in [0.05, 0.1) is 8.66 Å². The summed E-state index contributed by atoms with van der Waals surface area (Å²) in [5.41, 5.74) is 0.491. The van der Waals surface area contributed by atoms with Gasteiger partial charge in [0.2, 0.25) is 0 Å². The maximum Gasteiger partial charge on any atom is 0.169 e. The fraction of sp³-hybridized carbons (Fsp3) is 0. The number of halogens is 2. The molecule has 0 saturated heterocycles. The molecule has 0 bridgehead atoms. The van der Waals surface area contributed by atoms with Crippen LogP contribution in [0.3, 0.4) is 0 Å². The van der Waals surface area contributed by atoms with Crippen LogP contribution in [0, 0.1) is 0 Å². The Balaban J connectivity index is 2.43. The highest BCUT2D eigenvalue weighted by atomic mass is 79.9. The van der Waals surface area contributed by atoms with Crippen LogP contribution in [0.1, 0.15) is 10.5 Å². The first-order chi connectivity index (χ1) is 6.70. The summed E-state index contributed by atoms with van der Waals surface area (Å²) < 4.78 is 2.05. The van der Waals surface area contributed by atoms with E-state index in [0.29, 0.717) is 5.69 Å². The number of aldehydes is 1. The molecule has 2 rings (SSSR count). The van der Waals surface area contributed by atoms with Gasteiger partial charge in [0.25, 0.3) is 0 Å². The molecule has 0 saturated carbocycles. The zero-order chi connectivity index (χ0) is 10.1. The third kappa shape index (κ3) is 1.98. The van der Waals surface area contributed by atoms with E-state index in [1.54, 1.807) is 16.7 Å². The molecule has 0 amide bonds. The summed E-state index contributed by atoms with van der Waals surface area (Å²) in [4.78, 5) is 15.7. The van der Waals surface area contributed by atoms with Gasteiger partial charge in [-0.25, -0.2) is 4.98 Å². The molecular weight excluding hydrogens is 350 g/mol. The van der Waals surface area contributed by atoms with Crippen LogP contribution in [0.15, 0.2) is 19.7 Å². The number of nitrogens with zero attached hydrogens (tertiary/aromatic N) is 1. The summed E-state index contributed by atoms with van der Waals surface area (Å²) in [5.74, 6) is 0. The first-order valence-corrected chi connectivity index (χ1v) is 6.85. The van der Waals surface area contributed by atoms with Crippen LogP contribution in [0.2, 0.25) is 0 Å². The van der Waals surface area contributed by atoms with Gasteiger partial charge in [-0.05, 0) is 37.9 Å². The summed E-state index contributed by atoms with van der Waals surface area (Å²) in [6.07, 6.45) is 0.762. The molecule has 0 radical (unpaired) electrons. The number of aromatic nitrogens is 1. The van der Waals surface area contributed by atoms with Gasteiger partial charge in [0.1, 0.15) is 10.7 Å². The molecule has 14 heavy (non-hydrogen) atoms. The van der Waals surface area contributed by atoms with Crippen molar-refractivity contribution < 1.29 is 4.79 Å². The lowest BCUT2D eigenvalue weighted by molar-refractivity contribution is 0.111. The van der Waals surface area contributed by atoms with Crippen molar-refractivity contribution in [3.05, 3.63) is 25.4 Å². The Morgan fingerprint density at radius 2 is 2.21 bits per heavy atom. The number of carbonyl (C=O) groups excluding carboxylic acids is 1. The molecule has 0 unspecified atom stereocenters. The summed E-state index contributed by atoms with van der Waals surface area (Å²) >= 11 is 9.89. The molecule has 0 aromatic carbocycles. The number of rotatable bonds is 2. The fourth-order valence-corrected chi connectivity index (χ4v) is 3.77. The molecule has 2 aromatic rings. The predicted molar refractivity (Wildman–Crippen MR) is 66.2 cm³/mol. The quantitative estimate of drug-likeness (QED) is 0.758. The van der Waals surface area contributed by atoms with Crippen LogP contribution < -0.4 is 0 Å². The number of hydrogen-bond acceptors (Lipinski definition) is 4. The second kappa shape index (κ2) is 4.22. The Bertz CT molecular complexity index is 458. The van der Waals surface area contributed by atoms with Crippen LogP contribution in [0.4, 0.5) is 0 Å². The monoisotopic (exact) mass is 351 g/mol. The smallest absolute Gasteiger partial charge is 0.169 e. The van der Waals surface area contributed by atoms with Gasteiger partial charge in [0.15, 0.2) is 6.29 Å². The van der Waals surface area contributed by atoms with Gasteiger partial charge in [-0.15, -0.1) is 22.7 Å². The van der Waals surface area contributed by atoms with Crippen molar-refractivity contribution in [1.29, 1.82) is 0 Å². The van der Waals surface area contributed by atoms with E-state index in [9.17, 15) is 4.79 Å². The van der Waals surface area contributed by atoms with Crippen LogP contribution in [0.5, 0.6) is 0 Å². The van der Waals surface area contributed by atoms with Crippen LogP contribution in [-0.4, -0.2) is 11.3 Å². The topological polar surface area (TPSA) is 30.0 Å². The zero-order valence-electron chi connectivity index (χ0n) is 6.66. The highest BCUT2D eigenvalue weighted by Crippen LogP contribution is 2.39. The average Bonchev–Trinajstić information content (AvgIpc) is 2.74. The van der Waals surface area contributed by atoms with Crippen LogP contribution >= 0.6 is 54.5 Å². The van der Waals surface area contributed by atoms with Crippen molar-refractivity contribution in [2.75, 3.05) is 0 Å². The lowest BCUT2D eigenvalue weighted by atomic mass is 10.5. The normalized spacial score (nSPS) is 10.4. The third-order valence-electron chi connectivity index (χ3n) is 1.50. The molecule has 0 spiro atoms. The van der Waals surface area contributed by atoms with Gasteiger partial charge in [-0.2, -0.15) is 0 Å². The molecule has 6 heteroatoms. The minimum absolute atomic E-state index is 0.491. The first-order valence-electron chi connectivity index (χ1n) is 3.56. The van der Waals surface area contributed by atoms with Crippen molar-refractivity contribution in [1.82, 2.24) is 4.98 Å². The second-order valence-corrected chi connectivity index (χ2v) is 6.51. The van der Waals surface area contributed by atoms with Crippen molar-refractivity contribution in [3.8, 4) is 9.88 Å². The molecular formula is C8H3Br2NOS2. The molecule has 0 aliphatic carbocycles. The maximum atomic E-state index is 10.5. The Labute approximate surface area is 105 Å². The molecule has 72 valence electrons. The first kappa shape index (κ1) is 10.5. The van der Waals surface area contributed by atoms with Crippen molar-refractivity contribution in [3.63, 3.8) is 0 Å². The lowest BCUT2D eigenvalue weighted by Crippen LogP contribution is -1.76. The largest absolute Gasteiger partial charge is 0.296 e.